The molecule has 0 radical (unpaired) electrons. The number of carbonyl (C=O) groups excluding carboxylic acids is 2. The van der Waals surface area contributed by atoms with Crippen LogP contribution in [0.15, 0.2) is 42.6 Å². The molecule has 1 aliphatic carbocycles. The first-order valence-corrected chi connectivity index (χ1v) is 8.13. The van der Waals surface area contributed by atoms with E-state index in [4.69, 9.17) is 0 Å². The Balaban J connectivity index is 1.54. The Bertz CT molecular complexity index is 745. The van der Waals surface area contributed by atoms with Gasteiger partial charge in [0.15, 0.2) is 0 Å². The Kier molecular flexibility index (Phi) is 3.29. The van der Waals surface area contributed by atoms with Crippen LogP contribution in [-0.2, 0) is 16.1 Å². The molecule has 2 amide bonds. The van der Waals surface area contributed by atoms with Crippen molar-refractivity contribution in [3.63, 3.8) is 0 Å². The second-order valence-electron chi connectivity index (χ2n) is 6.54. The van der Waals surface area contributed by atoms with Crippen molar-refractivity contribution >= 4 is 11.8 Å². The quantitative estimate of drug-likeness (QED) is 0.819. The van der Waals surface area contributed by atoms with E-state index in [1.54, 1.807) is 4.68 Å². The zero-order valence-corrected chi connectivity index (χ0v) is 12.9. The fourth-order valence-electron chi connectivity index (χ4n) is 3.80. The molecule has 1 aromatic carbocycles. The zero-order valence-electron chi connectivity index (χ0n) is 12.9. The van der Waals surface area contributed by atoms with Gasteiger partial charge in [-0.25, -0.2) is 4.68 Å². The highest BCUT2D eigenvalue weighted by Gasteiger charge is 2.52. The molecule has 118 valence electrons. The molecule has 4 rings (SSSR count). The number of likely N-dealkylation sites (tertiary alicyclic amines) is 1. The molecule has 2 aliphatic rings. The van der Waals surface area contributed by atoms with Gasteiger partial charge in [0.1, 0.15) is 0 Å². The van der Waals surface area contributed by atoms with E-state index in [0.29, 0.717) is 6.42 Å². The second-order valence-corrected chi connectivity index (χ2v) is 6.54. The third-order valence-electron chi connectivity index (χ3n) is 5.04. The summed E-state index contributed by atoms with van der Waals surface area (Å²) in [4.78, 5) is 26.4. The van der Waals surface area contributed by atoms with Gasteiger partial charge in [-0.1, -0.05) is 31.0 Å². The highest BCUT2D eigenvalue weighted by molar-refractivity contribution is 6.05. The highest BCUT2D eigenvalue weighted by atomic mass is 16.2. The van der Waals surface area contributed by atoms with Gasteiger partial charge >= 0.3 is 0 Å². The molecular formula is C18H19N3O2. The van der Waals surface area contributed by atoms with Gasteiger partial charge in [-0.15, -0.1) is 0 Å². The maximum absolute atomic E-state index is 12.7. The van der Waals surface area contributed by atoms with Gasteiger partial charge < -0.3 is 0 Å². The lowest BCUT2D eigenvalue weighted by molar-refractivity contribution is -0.142. The molecule has 0 N–H and O–H groups in total. The summed E-state index contributed by atoms with van der Waals surface area (Å²) in [6.45, 7) is 0.277. The summed E-state index contributed by atoms with van der Waals surface area (Å²) >= 11 is 0. The third kappa shape index (κ3) is 2.36. The van der Waals surface area contributed by atoms with Gasteiger partial charge in [0, 0.05) is 12.6 Å². The average Bonchev–Trinajstić information content (AvgIpc) is 3.27. The number of hydrogen-bond acceptors (Lipinski definition) is 3. The van der Waals surface area contributed by atoms with Crippen LogP contribution >= 0.6 is 0 Å². The van der Waals surface area contributed by atoms with E-state index in [1.165, 1.54) is 4.90 Å². The van der Waals surface area contributed by atoms with Crippen molar-refractivity contribution in [3.8, 4) is 5.69 Å². The van der Waals surface area contributed by atoms with Gasteiger partial charge in [0.2, 0.25) is 11.8 Å². The molecular weight excluding hydrogens is 290 g/mol. The molecule has 1 aromatic heterocycles. The van der Waals surface area contributed by atoms with Crippen LogP contribution in [0.5, 0.6) is 0 Å². The van der Waals surface area contributed by atoms with Gasteiger partial charge in [-0.05, 0) is 31.0 Å². The van der Waals surface area contributed by atoms with Crippen LogP contribution in [0.3, 0.4) is 0 Å². The lowest BCUT2D eigenvalue weighted by Gasteiger charge is -2.20. The first-order chi connectivity index (χ1) is 11.2. The number of para-hydroxylation sites is 1. The zero-order chi connectivity index (χ0) is 15.9. The molecule has 1 aliphatic heterocycles. The average molecular weight is 309 g/mol. The van der Waals surface area contributed by atoms with Crippen LogP contribution in [-0.4, -0.2) is 26.5 Å². The normalized spacial score (nSPS) is 19.9. The summed E-state index contributed by atoms with van der Waals surface area (Å²) < 4.78 is 1.77. The summed E-state index contributed by atoms with van der Waals surface area (Å²) in [6, 6.07) is 11.7. The predicted molar refractivity (Wildman–Crippen MR) is 84.6 cm³/mol. The van der Waals surface area contributed by atoms with E-state index < -0.39 is 5.41 Å². The van der Waals surface area contributed by atoms with Crippen molar-refractivity contribution in [1.82, 2.24) is 14.7 Å². The monoisotopic (exact) mass is 309 g/mol. The molecule has 2 fully saturated rings. The molecule has 1 spiro atoms. The molecule has 5 nitrogen and oxygen atoms in total. The number of carbonyl (C=O) groups is 2. The summed E-state index contributed by atoms with van der Waals surface area (Å²) in [5, 5.41) is 4.50. The summed E-state index contributed by atoms with van der Waals surface area (Å²) in [6.07, 6.45) is 6.05. The molecule has 1 saturated carbocycles. The molecule has 0 unspecified atom stereocenters. The highest BCUT2D eigenvalue weighted by Crippen LogP contribution is 2.47. The lowest BCUT2D eigenvalue weighted by atomic mass is 9.84. The van der Waals surface area contributed by atoms with E-state index in [-0.39, 0.29) is 18.4 Å². The van der Waals surface area contributed by atoms with Gasteiger partial charge in [-0.2, -0.15) is 5.10 Å². The first-order valence-electron chi connectivity index (χ1n) is 8.13. The van der Waals surface area contributed by atoms with Crippen LogP contribution < -0.4 is 0 Å². The Morgan fingerprint density at radius 2 is 1.78 bits per heavy atom. The Morgan fingerprint density at radius 3 is 2.52 bits per heavy atom. The van der Waals surface area contributed by atoms with Crippen molar-refractivity contribution in [2.24, 2.45) is 5.41 Å². The van der Waals surface area contributed by atoms with E-state index in [0.717, 1.165) is 37.1 Å². The summed E-state index contributed by atoms with van der Waals surface area (Å²) in [7, 11) is 0. The fourth-order valence-corrected chi connectivity index (χ4v) is 3.80. The van der Waals surface area contributed by atoms with Crippen LogP contribution in [0.25, 0.3) is 5.69 Å². The second kappa shape index (κ2) is 5.33. The maximum Gasteiger partial charge on any atom is 0.236 e. The van der Waals surface area contributed by atoms with Gasteiger partial charge in [0.25, 0.3) is 0 Å². The molecule has 23 heavy (non-hydrogen) atoms. The van der Waals surface area contributed by atoms with Crippen LogP contribution in [0.2, 0.25) is 0 Å². The van der Waals surface area contributed by atoms with Crippen molar-refractivity contribution < 1.29 is 9.59 Å². The Hall–Kier alpha value is -2.43. The summed E-state index contributed by atoms with van der Waals surface area (Å²) in [5.74, 6) is -0.0413. The number of hydrogen-bond donors (Lipinski definition) is 0. The number of imide groups is 1. The van der Waals surface area contributed by atoms with E-state index in [1.807, 2.05) is 42.6 Å². The van der Waals surface area contributed by atoms with Crippen molar-refractivity contribution in [3.05, 3.63) is 48.3 Å². The van der Waals surface area contributed by atoms with Crippen LogP contribution in [0, 0.1) is 5.41 Å². The SMILES string of the molecule is O=C1CC2(CCCC2)C(=O)N1Cc1ccn(-c2ccccc2)n1. The Morgan fingerprint density at radius 1 is 1.04 bits per heavy atom. The van der Waals surface area contributed by atoms with Gasteiger partial charge in [-0.3, -0.25) is 14.5 Å². The molecule has 2 heterocycles. The summed E-state index contributed by atoms with van der Waals surface area (Å²) in [5.41, 5.74) is 1.30. The minimum absolute atomic E-state index is 0.00858. The standard InChI is InChI=1S/C18H19N3O2/c22-16-12-18(9-4-5-10-18)17(23)20(16)13-14-8-11-21(19-14)15-6-2-1-3-7-15/h1-3,6-8,11H,4-5,9-10,12-13H2. The number of amides is 2. The minimum Gasteiger partial charge on any atom is -0.276 e. The van der Waals surface area contributed by atoms with Crippen molar-refractivity contribution in [2.75, 3.05) is 0 Å². The van der Waals surface area contributed by atoms with E-state index in [2.05, 4.69) is 5.10 Å². The molecule has 0 atom stereocenters. The van der Waals surface area contributed by atoms with E-state index in [9.17, 15) is 9.59 Å². The molecule has 2 aromatic rings. The van der Waals surface area contributed by atoms with Crippen molar-refractivity contribution in [1.29, 1.82) is 0 Å². The van der Waals surface area contributed by atoms with Crippen molar-refractivity contribution in [2.45, 2.75) is 38.6 Å². The third-order valence-corrected chi connectivity index (χ3v) is 5.04. The minimum atomic E-state index is -0.404. The van der Waals surface area contributed by atoms with E-state index >= 15 is 0 Å². The maximum atomic E-state index is 12.7. The lowest BCUT2D eigenvalue weighted by Crippen LogP contribution is -2.34. The number of rotatable bonds is 3. The largest absolute Gasteiger partial charge is 0.276 e. The number of nitrogens with zero attached hydrogens (tertiary/aromatic N) is 3. The molecule has 5 heteroatoms. The predicted octanol–water partition coefficient (Wildman–Crippen LogP) is 2.69. The topological polar surface area (TPSA) is 55.2 Å². The first kappa shape index (κ1) is 14.2. The fraction of sp³-hybridized carbons (Fsp3) is 0.389. The smallest absolute Gasteiger partial charge is 0.236 e. The van der Waals surface area contributed by atoms with Gasteiger partial charge in [0.05, 0.1) is 23.3 Å². The molecule has 1 saturated heterocycles. The molecule has 0 bridgehead atoms. The number of aromatic nitrogens is 2. The number of benzene rings is 1. The Labute approximate surface area is 134 Å². The van der Waals surface area contributed by atoms with Crippen LogP contribution in [0.4, 0.5) is 0 Å². The van der Waals surface area contributed by atoms with Crippen LogP contribution in [0.1, 0.15) is 37.8 Å².